The molecule has 1 heterocycles. The Morgan fingerprint density at radius 1 is 1.09 bits per heavy atom. The van der Waals surface area contributed by atoms with Crippen LogP contribution in [0.2, 0.25) is 0 Å². The molecular weight excluding hydrogens is 448 g/mol. The number of nitro benzene ring substituents is 1. The second-order valence-electron chi connectivity index (χ2n) is 7.40. The maximum absolute atomic E-state index is 13.0. The molecule has 2 aromatic carbocycles. The monoisotopic (exact) mass is 470 g/mol. The molecule has 3 rings (SSSR count). The van der Waals surface area contributed by atoms with Crippen LogP contribution in [0.15, 0.2) is 48.0 Å². The van der Waals surface area contributed by atoms with Crippen LogP contribution in [0, 0.1) is 10.1 Å². The number of aliphatic carboxylic acids is 1. The van der Waals surface area contributed by atoms with Gasteiger partial charge in [0.1, 0.15) is 17.3 Å². The highest BCUT2D eigenvalue weighted by molar-refractivity contribution is 6.46. The van der Waals surface area contributed by atoms with E-state index >= 15 is 0 Å². The number of methoxy groups -OCH3 is 2. The van der Waals surface area contributed by atoms with Crippen molar-refractivity contribution in [2.75, 3.05) is 20.8 Å². The molecule has 1 unspecified atom stereocenters. The summed E-state index contributed by atoms with van der Waals surface area (Å²) >= 11 is 0. The normalized spacial score (nSPS) is 17.0. The van der Waals surface area contributed by atoms with Gasteiger partial charge in [-0.25, -0.2) is 0 Å². The molecule has 0 radical (unpaired) electrons. The smallest absolute Gasteiger partial charge is 0.303 e. The van der Waals surface area contributed by atoms with Crippen molar-refractivity contribution in [2.24, 2.45) is 0 Å². The van der Waals surface area contributed by atoms with Crippen molar-refractivity contribution in [3.8, 4) is 11.5 Å². The zero-order valence-corrected chi connectivity index (χ0v) is 18.4. The zero-order valence-electron chi connectivity index (χ0n) is 18.4. The number of hydrogen-bond acceptors (Lipinski definition) is 8. The molecular formula is C23H22N2O9. The number of carbonyl (C=O) groups excluding carboxylic acids is 2. The van der Waals surface area contributed by atoms with Crippen LogP contribution in [0.5, 0.6) is 11.5 Å². The first kappa shape index (κ1) is 24.2. The van der Waals surface area contributed by atoms with E-state index in [1.165, 1.54) is 43.4 Å². The summed E-state index contributed by atoms with van der Waals surface area (Å²) in [7, 11) is 2.85. The highest BCUT2D eigenvalue weighted by atomic mass is 16.6. The van der Waals surface area contributed by atoms with E-state index in [9.17, 15) is 29.6 Å². The fraction of sp³-hybridized carbons (Fsp3) is 0.261. The molecule has 178 valence electrons. The van der Waals surface area contributed by atoms with E-state index in [-0.39, 0.29) is 42.0 Å². The molecule has 1 aliphatic heterocycles. The van der Waals surface area contributed by atoms with Gasteiger partial charge in [-0.2, -0.15) is 0 Å². The molecule has 2 N–H and O–H groups in total. The maximum atomic E-state index is 13.0. The second kappa shape index (κ2) is 10.0. The standard InChI is InChI=1S/C23H22N2O9/c1-33-15-9-10-16(17(12-15)34-2)20-19(21(28)13-5-7-14(8-6-13)25(31)32)22(29)23(30)24(20)11-3-4-18(26)27/h5-10,12,20,28H,3-4,11H2,1-2H3,(H,26,27). The maximum Gasteiger partial charge on any atom is 0.303 e. The van der Waals surface area contributed by atoms with Gasteiger partial charge < -0.3 is 24.6 Å². The first-order chi connectivity index (χ1) is 16.2. The van der Waals surface area contributed by atoms with Crippen molar-refractivity contribution in [1.29, 1.82) is 0 Å². The number of aliphatic hydroxyl groups excluding tert-OH is 1. The van der Waals surface area contributed by atoms with Gasteiger partial charge in [0.25, 0.3) is 17.4 Å². The van der Waals surface area contributed by atoms with Gasteiger partial charge in [-0.3, -0.25) is 24.5 Å². The van der Waals surface area contributed by atoms with Gasteiger partial charge in [-0.15, -0.1) is 0 Å². The van der Waals surface area contributed by atoms with E-state index in [4.69, 9.17) is 14.6 Å². The quantitative estimate of drug-likeness (QED) is 0.185. The van der Waals surface area contributed by atoms with Gasteiger partial charge in [-0.1, -0.05) is 0 Å². The molecule has 0 aliphatic carbocycles. The van der Waals surface area contributed by atoms with E-state index in [1.54, 1.807) is 18.2 Å². The third kappa shape index (κ3) is 4.68. The minimum absolute atomic E-state index is 0.0617. The molecule has 0 saturated carbocycles. The SMILES string of the molecule is COc1ccc(C2C(=C(O)c3ccc([N+](=O)[O-])cc3)C(=O)C(=O)N2CCCC(=O)O)c(OC)c1. The van der Waals surface area contributed by atoms with Gasteiger partial charge >= 0.3 is 5.97 Å². The lowest BCUT2D eigenvalue weighted by atomic mass is 9.94. The van der Waals surface area contributed by atoms with Crippen LogP contribution in [0.4, 0.5) is 5.69 Å². The van der Waals surface area contributed by atoms with Crippen molar-refractivity contribution in [1.82, 2.24) is 4.90 Å². The summed E-state index contributed by atoms with van der Waals surface area (Å²) in [5, 5.41) is 30.9. The van der Waals surface area contributed by atoms with Crippen molar-refractivity contribution in [2.45, 2.75) is 18.9 Å². The average Bonchev–Trinajstić information content (AvgIpc) is 3.07. The Morgan fingerprint density at radius 3 is 2.32 bits per heavy atom. The Hall–Kier alpha value is -4.41. The molecule has 34 heavy (non-hydrogen) atoms. The van der Waals surface area contributed by atoms with E-state index in [2.05, 4.69) is 0 Å². The number of carboxylic acids is 1. The fourth-order valence-electron chi connectivity index (χ4n) is 3.78. The number of ether oxygens (including phenoxy) is 2. The molecule has 1 aliphatic rings. The lowest BCUT2D eigenvalue weighted by molar-refractivity contribution is -0.384. The van der Waals surface area contributed by atoms with Gasteiger partial charge in [-0.05, 0) is 30.7 Å². The zero-order chi connectivity index (χ0) is 25.0. The number of non-ortho nitro benzene ring substituents is 1. The number of amides is 1. The number of carboxylic acid groups (broad SMARTS) is 1. The van der Waals surface area contributed by atoms with Crippen molar-refractivity contribution < 1.29 is 39.0 Å². The van der Waals surface area contributed by atoms with Gasteiger partial charge in [0, 0.05) is 42.3 Å². The molecule has 11 nitrogen and oxygen atoms in total. The summed E-state index contributed by atoms with van der Waals surface area (Å²) in [6, 6.07) is 8.54. The van der Waals surface area contributed by atoms with Gasteiger partial charge in [0.2, 0.25) is 0 Å². The molecule has 1 amide bonds. The number of aliphatic hydroxyl groups is 1. The molecule has 0 bridgehead atoms. The number of nitrogens with zero attached hydrogens (tertiary/aromatic N) is 2. The Balaban J connectivity index is 2.17. The summed E-state index contributed by atoms with van der Waals surface area (Å²) in [5.74, 6) is -2.70. The Labute approximate surface area is 194 Å². The highest BCUT2D eigenvalue weighted by Crippen LogP contribution is 2.43. The molecule has 0 spiro atoms. The van der Waals surface area contributed by atoms with Crippen molar-refractivity contribution in [3.63, 3.8) is 0 Å². The number of Topliss-reactive ketones (excluding diaryl/α,β-unsaturated/α-hetero) is 1. The average molecular weight is 470 g/mol. The van der Waals surface area contributed by atoms with Crippen LogP contribution in [0.3, 0.4) is 0 Å². The first-order valence-electron chi connectivity index (χ1n) is 10.2. The van der Waals surface area contributed by atoms with Crippen LogP contribution in [0.1, 0.15) is 30.0 Å². The van der Waals surface area contributed by atoms with E-state index < -0.39 is 34.4 Å². The Morgan fingerprint density at radius 2 is 1.76 bits per heavy atom. The number of hydrogen-bond donors (Lipinski definition) is 2. The third-order valence-corrected chi connectivity index (χ3v) is 5.42. The predicted molar refractivity (Wildman–Crippen MR) is 119 cm³/mol. The predicted octanol–water partition coefficient (Wildman–Crippen LogP) is 2.90. The first-order valence-corrected chi connectivity index (χ1v) is 10.2. The number of rotatable bonds is 9. The molecule has 2 aromatic rings. The lowest BCUT2D eigenvalue weighted by Gasteiger charge is -2.26. The van der Waals surface area contributed by atoms with Crippen LogP contribution < -0.4 is 9.47 Å². The van der Waals surface area contributed by atoms with E-state index in [0.717, 1.165) is 0 Å². The summed E-state index contributed by atoms with van der Waals surface area (Å²) in [5.41, 5.74) is 0.0320. The molecule has 1 atom stereocenters. The van der Waals surface area contributed by atoms with Crippen LogP contribution in [0.25, 0.3) is 5.76 Å². The Kier molecular flexibility index (Phi) is 7.15. The minimum Gasteiger partial charge on any atom is -0.507 e. The number of likely N-dealkylation sites (tertiary alicyclic amines) is 1. The number of benzene rings is 2. The third-order valence-electron chi connectivity index (χ3n) is 5.42. The summed E-state index contributed by atoms with van der Waals surface area (Å²) in [6.45, 7) is -0.0617. The molecule has 1 saturated heterocycles. The topological polar surface area (TPSA) is 157 Å². The van der Waals surface area contributed by atoms with E-state index in [0.29, 0.717) is 11.3 Å². The minimum atomic E-state index is -1.08. The summed E-state index contributed by atoms with van der Waals surface area (Å²) in [4.78, 5) is 48.4. The summed E-state index contributed by atoms with van der Waals surface area (Å²) < 4.78 is 10.6. The fourth-order valence-corrected chi connectivity index (χ4v) is 3.78. The second-order valence-corrected chi connectivity index (χ2v) is 7.40. The van der Waals surface area contributed by atoms with Gasteiger partial charge in [0.05, 0.1) is 30.8 Å². The van der Waals surface area contributed by atoms with E-state index in [1.807, 2.05) is 0 Å². The lowest BCUT2D eigenvalue weighted by Crippen LogP contribution is -2.31. The van der Waals surface area contributed by atoms with Gasteiger partial charge in [0.15, 0.2) is 0 Å². The number of nitro groups is 1. The van der Waals surface area contributed by atoms with Crippen LogP contribution in [-0.4, -0.2) is 58.5 Å². The Bertz CT molecular complexity index is 1170. The molecule has 11 heteroatoms. The molecule has 1 fully saturated rings. The van der Waals surface area contributed by atoms with Crippen molar-refractivity contribution in [3.05, 3.63) is 69.3 Å². The number of carbonyl (C=O) groups is 3. The highest BCUT2D eigenvalue weighted by Gasteiger charge is 2.47. The largest absolute Gasteiger partial charge is 0.507 e. The van der Waals surface area contributed by atoms with Crippen LogP contribution >= 0.6 is 0 Å². The van der Waals surface area contributed by atoms with Crippen LogP contribution in [-0.2, 0) is 14.4 Å². The molecule has 0 aromatic heterocycles. The van der Waals surface area contributed by atoms with Crippen molar-refractivity contribution >= 4 is 29.1 Å². The number of ketones is 1. The summed E-state index contributed by atoms with van der Waals surface area (Å²) in [6.07, 6.45) is -0.146.